The zero-order valence-electron chi connectivity index (χ0n) is 15.6. The molecule has 0 N–H and O–H groups in total. The van der Waals surface area contributed by atoms with Crippen molar-refractivity contribution < 1.29 is 19.0 Å². The number of anilines is 1. The molecule has 3 amide bonds. The number of hydrogen-bond donors (Lipinski definition) is 0. The Labute approximate surface area is 157 Å². The Morgan fingerprint density at radius 1 is 1.26 bits per heavy atom. The summed E-state index contributed by atoms with van der Waals surface area (Å²) in [4.78, 5) is 46.4. The predicted octanol–water partition coefficient (Wildman–Crippen LogP) is 0.775. The van der Waals surface area contributed by atoms with Crippen LogP contribution in [0.2, 0.25) is 0 Å². The number of imide groups is 1. The third-order valence-corrected chi connectivity index (χ3v) is 5.08. The first-order chi connectivity index (χ1) is 12.9. The Morgan fingerprint density at radius 3 is 2.63 bits per heavy atom. The number of rotatable bonds is 3. The Hall–Kier alpha value is -3.03. The number of aliphatic imine (C=N–C) groups is 1. The second-order valence-electron chi connectivity index (χ2n) is 7.34. The fourth-order valence-electron chi connectivity index (χ4n) is 3.89. The Bertz CT molecular complexity index is 892. The van der Waals surface area contributed by atoms with E-state index in [-0.39, 0.29) is 18.2 Å². The number of amidine groups is 1. The van der Waals surface area contributed by atoms with E-state index in [9.17, 15) is 14.4 Å². The van der Waals surface area contributed by atoms with Gasteiger partial charge in [0.25, 0.3) is 5.91 Å². The number of para-hydroxylation sites is 1. The quantitative estimate of drug-likeness (QED) is 0.739. The van der Waals surface area contributed by atoms with Gasteiger partial charge in [0.15, 0.2) is 0 Å². The summed E-state index contributed by atoms with van der Waals surface area (Å²) in [6.07, 6.45) is 0. The number of Topliss-reactive ketones (excluding diaryl/α,β-unsaturated/α-hetero) is 1. The fourth-order valence-corrected chi connectivity index (χ4v) is 3.89. The van der Waals surface area contributed by atoms with Gasteiger partial charge in [0.2, 0.25) is 11.9 Å². The molecule has 3 aliphatic rings. The summed E-state index contributed by atoms with van der Waals surface area (Å²) in [5.41, 5.74) is 0.995. The largest absolute Gasteiger partial charge is 0.397 e. The average Bonchev–Trinajstić information content (AvgIpc) is 3.03. The molecule has 3 aliphatic heterocycles. The highest BCUT2D eigenvalue weighted by molar-refractivity contribution is 6.24. The molecular weight excluding hydrogens is 346 g/mol. The third-order valence-electron chi connectivity index (χ3n) is 5.08. The molecule has 27 heavy (non-hydrogen) atoms. The SMILES string of the molecule is CC(=O)CN1C(=O)C2C(=NC3=[N+]2CC(C)CN3c2ccccc2)N(C)C1=O. The lowest BCUT2D eigenvalue weighted by atomic mass is 10.1. The smallest absolute Gasteiger partial charge is 0.298 e. The normalized spacial score (nSPS) is 24.9. The molecule has 8 nitrogen and oxygen atoms in total. The van der Waals surface area contributed by atoms with Crippen molar-refractivity contribution in [2.24, 2.45) is 10.9 Å². The Morgan fingerprint density at radius 2 is 1.96 bits per heavy atom. The van der Waals surface area contributed by atoms with Crippen LogP contribution in [-0.2, 0) is 9.59 Å². The van der Waals surface area contributed by atoms with Crippen LogP contribution in [0.4, 0.5) is 10.5 Å². The van der Waals surface area contributed by atoms with E-state index in [1.54, 1.807) is 7.05 Å². The number of fused-ring (bicyclic) bond motifs is 2. The molecule has 2 unspecified atom stereocenters. The number of ketones is 1. The lowest BCUT2D eigenvalue weighted by molar-refractivity contribution is -0.545. The van der Waals surface area contributed by atoms with Crippen molar-refractivity contribution in [1.29, 1.82) is 0 Å². The van der Waals surface area contributed by atoms with Crippen molar-refractivity contribution in [3.8, 4) is 0 Å². The lowest BCUT2D eigenvalue weighted by Gasteiger charge is -2.35. The third kappa shape index (κ3) is 2.72. The molecule has 0 bridgehead atoms. The molecule has 2 atom stereocenters. The van der Waals surface area contributed by atoms with Crippen LogP contribution in [0.3, 0.4) is 0 Å². The molecule has 1 fully saturated rings. The van der Waals surface area contributed by atoms with Gasteiger partial charge < -0.3 is 0 Å². The molecule has 1 aromatic rings. The van der Waals surface area contributed by atoms with Crippen molar-refractivity contribution in [2.45, 2.75) is 19.9 Å². The van der Waals surface area contributed by atoms with Gasteiger partial charge in [-0.2, -0.15) is 0 Å². The van der Waals surface area contributed by atoms with E-state index >= 15 is 0 Å². The van der Waals surface area contributed by atoms with Gasteiger partial charge in [0, 0.05) is 13.0 Å². The maximum Gasteiger partial charge on any atom is 0.397 e. The molecule has 0 spiro atoms. The first kappa shape index (κ1) is 17.4. The highest BCUT2D eigenvalue weighted by Gasteiger charge is 2.55. The van der Waals surface area contributed by atoms with Gasteiger partial charge in [-0.1, -0.05) is 30.1 Å². The van der Waals surface area contributed by atoms with Crippen LogP contribution < -0.4 is 4.90 Å². The van der Waals surface area contributed by atoms with Gasteiger partial charge in [0.1, 0.15) is 11.5 Å². The fraction of sp³-hybridized carbons (Fsp3) is 0.421. The van der Waals surface area contributed by atoms with Crippen molar-refractivity contribution in [1.82, 2.24) is 9.80 Å². The van der Waals surface area contributed by atoms with Gasteiger partial charge in [-0.3, -0.25) is 19.4 Å². The van der Waals surface area contributed by atoms with E-state index in [4.69, 9.17) is 0 Å². The van der Waals surface area contributed by atoms with Gasteiger partial charge >= 0.3 is 12.0 Å². The molecule has 4 rings (SSSR count). The van der Waals surface area contributed by atoms with Crippen LogP contribution in [0.1, 0.15) is 13.8 Å². The van der Waals surface area contributed by atoms with Crippen LogP contribution >= 0.6 is 0 Å². The van der Waals surface area contributed by atoms with Crippen LogP contribution in [0.15, 0.2) is 35.3 Å². The van der Waals surface area contributed by atoms with E-state index in [0.717, 1.165) is 17.1 Å². The van der Waals surface area contributed by atoms with E-state index in [2.05, 4.69) is 16.8 Å². The number of likely N-dealkylation sites (N-methyl/N-ethyl adjacent to an activating group) is 1. The highest BCUT2D eigenvalue weighted by Crippen LogP contribution is 2.27. The van der Waals surface area contributed by atoms with E-state index in [1.165, 1.54) is 11.8 Å². The summed E-state index contributed by atoms with van der Waals surface area (Å²) in [6.45, 7) is 4.73. The minimum Gasteiger partial charge on any atom is -0.298 e. The van der Waals surface area contributed by atoms with Crippen LogP contribution in [0.5, 0.6) is 0 Å². The highest BCUT2D eigenvalue weighted by atomic mass is 16.2. The van der Waals surface area contributed by atoms with Gasteiger partial charge in [0.05, 0.1) is 19.6 Å². The van der Waals surface area contributed by atoms with Gasteiger partial charge in [-0.15, -0.1) is 0 Å². The van der Waals surface area contributed by atoms with E-state index < -0.39 is 12.1 Å². The number of carbonyl (C=O) groups is 3. The first-order valence-corrected chi connectivity index (χ1v) is 9.01. The minimum atomic E-state index is -0.670. The molecule has 3 heterocycles. The first-order valence-electron chi connectivity index (χ1n) is 9.01. The number of guanidine groups is 1. The number of carbonyl (C=O) groups excluding carboxylic acids is 3. The summed E-state index contributed by atoms with van der Waals surface area (Å²) < 4.78 is 1.95. The zero-order valence-corrected chi connectivity index (χ0v) is 15.6. The molecule has 1 saturated heterocycles. The minimum absolute atomic E-state index is 0.215. The standard InChI is InChI=1S/C19H22N5O3/c1-12-9-22(14-7-5-4-6-8-14)18-20-16-15(23(18)10-12)17(26)24(11-13(2)25)19(27)21(16)3/h4-8,12,15H,9-11H2,1-3H3/q+1. The van der Waals surface area contributed by atoms with Gasteiger partial charge in [-0.25, -0.2) is 14.3 Å². The molecule has 0 aliphatic carbocycles. The molecule has 140 valence electrons. The molecule has 1 aromatic carbocycles. The summed E-state index contributed by atoms with van der Waals surface area (Å²) in [5.74, 6) is 0.794. The van der Waals surface area contributed by atoms with Gasteiger partial charge in [-0.05, 0) is 19.1 Å². The number of benzene rings is 1. The lowest BCUT2D eigenvalue weighted by Crippen LogP contribution is -2.64. The number of urea groups is 1. The Kier molecular flexibility index (Phi) is 4.05. The summed E-state index contributed by atoms with van der Waals surface area (Å²) >= 11 is 0. The topological polar surface area (TPSA) is 76.3 Å². The van der Waals surface area contributed by atoms with Crippen LogP contribution in [-0.4, -0.2) is 76.6 Å². The maximum atomic E-state index is 13.1. The molecule has 0 radical (unpaired) electrons. The van der Waals surface area contributed by atoms with Crippen molar-refractivity contribution >= 4 is 35.2 Å². The molecule has 0 aromatic heterocycles. The summed E-state index contributed by atoms with van der Waals surface area (Å²) in [7, 11) is 1.60. The summed E-state index contributed by atoms with van der Waals surface area (Å²) in [5, 5.41) is 0. The van der Waals surface area contributed by atoms with Crippen molar-refractivity contribution in [3.63, 3.8) is 0 Å². The number of hydrogen-bond acceptors (Lipinski definition) is 5. The number of amides is 3. The molecule has 0 saturated carbocycles. The average molecular weight is 368 g/mol. The maximum absolute atomic E-state index is 13.1. The molecule has 8 heteroatoms. The van der Waals surface area contributed by atoms with E-state index in [0.29, 0.717) is 24.3 Å². The molecular formula is C19H22N5O3+. The second-order valence-corrected chi connectivity index (χ2v) is 7.34. The van der Waals surface area contributed by atoms with Crippen LogP contribution in [0.25, 0.3) is 0 Å². The van der Waals surface area contributed by atoms with Crippen molar-refractivity contribution in [3.05, 3.63) is 30.3 Å². The second kappa shape index (κ2) is 6.29. The predicted molar refractivity (Wildman–Crippen MR) is 99.9 cm³/mol. The zero-order chi connectivity index (χ0) is 19.3. The van der Waals surface area contributed by atoms with Crippen LogP contribution in [0, 0.1) is 5.92 Å². The van der Waals surface area contributed by atoms with Crippen molar-refractivity contribution in [2.75, 3.05) is 31.6 Å². The number of nitrogens with zero attached hydrogens (tertiary/aromatic N) is 5. The van der Waals surface area contributed by atoms with E-state index in [1.807, 2.05) is 34.9 Å². The monoisotopic (exact) mass is 368 g/mol. The Balaban J connectivity index is 1.78. The summed E-state index contributed by atoms with van der Waals surface area (Å²) in [6, 6.07) is 8.71.